The van der Waals surface area contributed by atoms with Crippen LogP contribution in [0.2, 0.25) is 0 Å². The van der Waals surface area contributed by atoms with Gasteiger partial charge in [0, 0.05) is 37.6 Å². The lowest BCUT2D eigenvalue weighted by molar-refractivity contribution is 0.00736. The average Bonchev–Trinajstić information content (AvgIpc) is 3.46. The van der Waals surface area contributed by atoms with E-state index in [-0.39, 0.29) is 23.7 Å². The monoisotopic (exact) mass is 583 g/mol. The van der Waals surface area contributed by atoms with E-state index in [1.807, 2.05) is 37.9 Å². The molecule has 10 nitrogen and oxygen atoms in total. The molecule has 4 aromatic rings. The van der Waals surface area contributed by atoms with Crippen LogP contribution in [0.3, 0.4) is 0 Å². The summed E-state index contributed by atoms with van der Waals surface area (Å²) in [4.78, 5) is 34.8. The Hall–Kier alpha value is -4.21. The van der Waals surface area contributed by atoms with Gasteiger partial charge in [-0.3, -0.25) is 9.20 Å². The van der Waals surface area contributed by atoms with E-state index in [4.69, 9.17) is 4.74 Å². The van der Waals surface area contributed by atoms with E-state index in [0.717, 1.165) is 43.7 Å². The molecule has 3 aromatic heterocycles. The number of anilines is 1. The molecule has 1 aromatic carbocycles. The van der Waals surface area contributed by atoms with Gasteiger partial charge in [0.25, 0.3) is 5.56 Å². The first kappa shape index (κ1) is 28.9. The molecule has 0 radical (unpaired) electrons. The van der Waals surface area contributed by atoms with Crippen LogP contribution in [-0.4, -0.2) is 66.6 Å². The number of rotatable bonds is 7. The van der Waals surface area contributed by atoms with Gasteiger partial charge in [-0.25, -0.2) is 14.5 Å². The molecule has 0 bridgehead atoms. The molecule has 0 spiro atoms. The number of amides is 1. The number of ether oxygens (including phenoxy) is 1. The zero-order valence-corrected chi connectivity index (χ0v) is 25.5. The second-order valence-electron chi connectivity index (χ2n) is 12.9. The third kappa shape index (κ3) is 6.43. The largest absolute Gasteiger partial charge is 0.444 e. The van der Waals surface area contributed by atoms with Gasteiger partial charge in [0.05, 0.1) is 18.3 Å². The SMILES string of the molecule is CC(c1ccc(N2CCC[C@@H](N(CC3CCC3)C(=O)OC(C)(C)C)C2)cc1)n1cc(-c2cc(=O)n3ccccc3n2)nn1. The Morgan fingerprint density at radius 1 is 1.07 bits per heavy atom. The van der Waals surface area contributed by atoms with Crippen LogP contribution in [0.1, 0.15) is 71.4 Å². The maximum Gasteiger partial charge on any atom is 0.410 e. The van der Waals surface area contributed by atoms with E-state index in [9.17, 15) is 9.59 Å². The summed E-state index contributed by atoms with van der Waals surface area (Å²) >= 11 is 0. The number of carbonyl (C=O) groups is 1. The van der Waals surface area contributed by atoms with Crippen LogP contribution in [-0.2, 0) is 4.74 Å². The van der Waals surface area contributed by atoms with Gasteiger partial charge in [-0.05, 0) is 89.1 Å². The molecule has 10 heteroatoms. The first-order valence-electron chi connectivity index (χ1n) is 15.4. The second kappa shape index (κ2) is 11.8. The Kier molecular flexibility index (Phi) is 7.94. The molecule has 226 valence electrons. The van der Waals surface area contributed by atoms with Crippen LogP contribution in [0, 0.1) is 5.92 Å². The smallest absolute Gasteiger partial charge is 0.410 e. The van der Waals surface area contributed by atoms with Crippen molar-refractivity contribution >= 4 is 17.4 Å². The van der Waals surface area contributed by atoms with Gasteiger partial charge < -0.3 is 14.5 Å². The van der Waals surface area contributed by atoms with Gasteiger partial charge in [0.2, 0.25) is 0 Å². The van der Waals surface area contributed by atoms with Gasteiger partial charge >= 0.3 is 6.09 Å². The summed E-state index contributed by atoms with van der Waals surface area (Å²) in [6.07, 6.45) is 9.01. The number of piperidine rings is 1. The van der Waals surface area contributed by atoms with E-state index < -0.39 is 5.60 Å². The molecule has 2 atom stereocenters. The number of hydrogen-bond donors (Lipinski definition) is 0. The van der Waals surface area contributed by atoms with Crippen molar-refractivity contribution in [1.82, 2.24) is 29.3 Å². The summed E-state index contributed by atoms with van der Waals surface area (Å²) in [6, 6.07) is 15.6. The quantitative estimate of drug-likeness (QED) is 0.281. The minimum absolute atomic E-state index is 0.0592. The molecule has 1 aliphatic heterocycles. The van der Waals surface area contributed by atoms with Gasteiger partial charge in [0.15, 0.2) is 0 Å². The lowest BCUT2D eigenvalue weighted by atomic mass is 9.84. The van der Waals surface area contributed by atoms with E-state index in [1.54, 1.807) is 23.0 Å². The van der Waals surface area contributed by atoms with E-state index in [1.165, 1.54) is 29.7 Å². The standard InChI is InChI=1S/C33H41N7O3/c1-23(40-22-29(35-36-40)28-19-31(41)38-18-6-5-12-30(38)34-28)25-13-15-26(16-14-25)37-17-8-11-27(21-37)39(20-24-9-7-10-24)32(42)43-33(2,3)4/h5-6,12-16,18-19,22-24,27H,7-11,17,20-21H2,1-4H3/t23?,27-/m1/s1. The first-order valence-corrected chi connectivity index (χ1v) is 15.4. The van der Waals surface area contributed by atoms with Crippen molar-refractivity contribution in [3.8, 4) is 11.4 Å². The average molecular weight is 584 g/mol. The highest BCUT2D eigenvalue weighted by atomic mass is 16.6. The molecule has 43 heavy (non-hydrogen) atoms. The molecule has 1 unspecified atom stereocenters. The van der Waals surface area contributed by atoms with E-state index in [2.05, 4.69) is 51.4 Å². The van der Waals surface area contributed by atoms with Crippen LogP contribution in [0.4, 0.5) is 10.5 Å². The van der Waals surface area contributed by atoms with Crippen LogP contribution in [0.25, 0.3) is 17.0 Å². The first-order chi connectivity index (χ1) is 20.6. The van der Waals surface area contributed by atoms with Crippen LogP contribution < -0.4 is 10.5 Å². The minimum Gasteiger partial charge on any atom is -0.444 e. The Morgan fingerprint density at radius 3 is 2.58 bits per heavy atom. The van der Waals surface area contributed by atoms with Crippen molar-refractivity contribution in [2.24, 2.45) is 5.92 Å². The third-order valence-electron chi connectivity index (χ3n) is 8.63. The van der Waals surface area contributed by atoms with Gasteiger partial charge in [-0.1, -0.05) is 29.8 Å². The molecule has 0 N–H and O–H groups in total. The Morgan fingerprint density at radius 2 is 1.86 bits per heavy atom. The zero-order valence-electron chi connectivity index (χ0n) is 25.5. The minimum atomic E-state index is -0.509. The number of nitrogens with zero attached hydrogens (tertiary/aromatic N) is 7. The van der Waals surface area contributed by atoms with E-state index in [0.29, 0.717) is 23.0 Å². The number of benzene rings is 1. The normalized spacial score (nSPS) is 18.3. The Bertz CT molecular complexity index is 1630. The summed E-state index contributed by atoms with van der Waals surface area (Å²) in [6.45, 7) is 10.4. The van der Waals surface area contributed by atoms with Crippen LogP contribution >= 0.6 is 0 Å². The van der Waals surface area contributed by atoms with Gasteiger partial charge in [0.1, 0.15) is 22.6 Å². The highest BCUT2D eigenvalue weighted by Crippen LogP contribution is 2.31. The summed E-state index contributed by atoms with van der Waals surface area (Å²) < 4.78 is 9.14. The lowest BCUT2D eigenvalue weighted by Gasteiger charge is -2.43. The van der Waals surface area contributed by atoms with Crippen LogP contribution in [0.15, 0.2) is 65.7 Å². The molecule has 1 amide bonds. The molecule has 1 saturated heterocycles. The highest BCUT2D eigenvalue weighted by Gasteiger charge is 2.34. The zero-order chi connectivity index (χ0) is 30.1. The molecule has 1 aliphatic carbocycles. The molecular weight excluding hydrogens is 542 g/mol. The third-order valence-corrected chi connectivity index (χ3v) is 8.63. The molecule has 6 rings (SSSR count). The molecule has 2 aliphatic rings. The van der Waals surface area contributed by atoms with Crippen molar-refractivity contribution in [2.75, 3.05) is 24.5 Å². The fourth-order valence-corrected chi connectivity index (χ4v) is 5.98. The molecule has 1 saturated carbocycles. The van der Waals surface area contributed by atoms with Crippen LogP contribution in [0.5, 0.6) is 0 Å². The summed E-state index contributed by atoms with van der Waals surface area (Å²) in [7, 11) is 0. The number of aromatic nitrogens is 5. The van der Waals surface area contributed by atoms with Gasteiger partial charge in [-0.15, -0.1) is 5.10 Å². The van der Waals surface area contributed by atoms with E-state index >= 15 is 0 Å². The number of carbonyl (C=O) groups excluding carboxylic acids is 1. The summed E-state index contributed by atoms with van der Waals surface area (Å²) in [5, 5.41) is 8.67. The predicted molar refractivity (Wildman–Crippen MR) is 166 cm³/mol. The fourth-order valence-electron chi connectivity index (χ4n) is 5.98. The highest BCUT2D eigenvalue weighted by molar-refractivity contribution is 5.69. The summed E-state index contributed by atoms with van der Waals surface area (Å²) in [5.41, 5.74) is 3.21. The predicted octanol–water partition coefficient (Wildman–Crippen LogP) is 5.57. The van der Waals surface area contributed by atoms with Crippen molar-refractivity contribution in [1.29, 1.82) is 0 Å². The van der Waals surface area contributed by atoms with Crippen molar-refractivity contribution in [3.05, 3.63) is 76.8 Å². The molecule has 2 fully saturated rings. The molecule has 4 heterocycles. The summed E-state index contributed by atoms with van der Waals surface area (Å²) in [5.74, 6) is 0.583. The number of pyridine rings is 1. The number of fused-ring (bicyclic) bond motifs is 1. The van der Waals surface area contributed by atoms with Crippen molar-refractivity contribution in [2.45, 2.75) is 77.5 Å². The van der Waals surface area contributed by atoms with Crippen molar-refractivity contribution in [3.63, 3.8) is 0 Å². The van der Waals surface area contributed by atoms with Crippen molar-refractivity contribution < 1.29 is 9.53 Å². The fraction of sp³-hybridized carbons (Fsp3) is 0.485. The number of hydrogen-bond acceptors (Lipinski definition) is 7. The Balaban J connectivity index is 1.15. The maximum absolute atomic E-state index is 13.2. The second-order valence-corrected chi connectivity index (χ2v) is 12.9. The maximum atomic E-state index is 13.2. The topological polar surface area (TPSA) is 97.9 Å². The lowest BCUT2D eigenvalue weighted by Crippen LogP contribution is -2.53. The molecular formula is C33H41N7O3. The Labute approximate surface area is 252 Å². The van der Waals surface area contributed by atoms with Gasteiger partial charge in [-0.2, -0.15) is 0 Å².